The Hall–Kier alpha value is -2.06. The number of nitrogens with one attached hydrogen (secondary N) is 1. The molecule has 6 heteroatoms. The van der Waals surface area contributed by atoms with Crippen LogP contribution in [-0.4, -0.2) is 17.0 Å². The topological polar surface area (TPSA) is 90.2 Å². The first-order valence-corrected chi connectivity index (χ1v) is 4.62. The molecule has 0 saturated carbocycles. The van der Waals surface area contributed by atoms with Crippen molar-refractivity contribution in [1.82, 2.24) is 0 Å². The fraction of sp³-hybridized carbons (Fsp3) is 0.100. The largest absolute Gasteiger partial charge is 0.481 e. The van der Waals surface area contributed by atoms with Crippen LogP contribution in [0.3, 0.4) is 0 Å². The number of benzene rings is 1. The van der Waals surface area contributed by atoms with Crippen LogP contribution in [0.15, 0.2) is 18.2 Å². The van der Waals surface area contributed by atoms with Crippen LogP contribution in [0.1, 0.15) is 12.0 Å². The number of hydrogen-bond acceptors (Lipinski definition) is 3. The number of nitriles is 1. The van der Waals surface area contributed by atoms with Crippen LogP contribution >= 0.6 is 11.6 Å². The molecule has 0 heterocycles. The molecule has 0 bridgehead atoms. The molecule has 0 unspecified atom stereocenters. The fourth-order valence-electron chi connectivity index (χ4n) is 1.03. The third kappa shape index (κ3) is 3.26. The zero-order valence-corrected chi connectivity index (χ0v) is 8.78. The number of halogens is 1. The SMILES string of the molecule is N#Cc1cc(NC(=O)CC(=O)O)ccc1Cl. The molecule has 0 atom stereocenters. The van der Waals surface area contributed by atoms with Gasteiger partial charge in [0.2, 0.25) is 5.91 Å². The van der Waals surface area contributed by atoms with Gasteiger partial charge in [-0.2, -0.15) is 5.26 Å². The smallest absolute Gasteiger partial charge is 0.312 e. The van der Waals surface area contributed by atoms with Crippen LogP contribution in [0.25, 0.3) is 0 Å². The number of hydrogen-bond donors (Lipinski definition) is 2. The maximum atomic E-state index is 11.1. The van der Waals surface area contributed by atoms with Gasteiger partial charge in [-0.3, -0.25) is 9.59 Å². The number of nitrogens with zero attached hydrogens (tertiary/aromatic N) is 1. The molecule has 0 aliphatic rings. The van der Waals surface area contributed by atoms with Crippen molar-refractivity contribution in [2.75, 3.05) is 5.32 Å². The number of anilines is 1. The molecular formula is C10H7ClN2O3. The van der Waals surface area contributed by atoms with Crippen LogP contribution < -0.4 is 5.32 Å². The molecule has 0 aromatic heterocycles. The van der Waals surface area contributed by atoms with Crippen LogP contribution in [-0.2, 0) is 9.59 Å². The van der Waals surface area contributed by atoms with Crippen LogP contribution in [0.2, 0.25) is 5.02 Å². The van der Waals surface area contributed by atoms with Gasteiger partial charge < -0.3 is 10.4 Å². The van der Waals surface area contributed by atoms with E-state index in [4.69, 9.17) is 22.0 Å². The second-order valence-electron chi connectivity index (χ2n) is 2.93. The molecule has 82 valence electrons. The van der Waals surface area contributed by atoms with Gasteiger partial charge in [-0.25, -0.2) is 0 Å². The highest BCUT2D eigenvalue weighted by atomic mass is 35.5. The highest BCUT2D eigenvalue weighted by molar-refractivity contribution is 6.31. The molecule has 0 aliphatic carbocycles. The minimum Gasteiger partial charge on any atom is -0.481 e. The van der Waals surface area contributed by atoms with Gasteiger partial charge in [0.05, 0.1) is 10.6 Å². The standard InChI is InChI=1S/C10H7ClN2O3/c11-8-2-1-7(3-6(8)5-12)13-9(14)4-10(15)16/h1-3H,4H2,(H,13,14)(H,15,16). The summed E-state index contributed by atoms with van der Waals surface area (Å²) in [4.78, 5) is 21.3. The summed E-state index contributed by atoms with van der Waals surface area (Å²) in [5.74, 6) is -1.87. The monoisotopic (exact) mass is 238 g/mol. The summed E-state index contributed by atoms with van der Waals surface area (Å²) in [6.07, 6.45) is -0.621. The van der Waals surface area contributed by atoms with Gasteiger partial charge in [-0.1, -0.05) is 11.6 Å². The predicted molar refractivity (Wildman–Crippen MR) is 57.0 cm³/mol. The number of carboxylic acid groups (broad SMARTS) is 1. The summed E-state index contributed by atoms with van der Waals surface area (Å²) in [6, 6.07) is 6.17. The van der Waals surface area contributed by atoms with Crippen molar-refractivity contribution in [2.24, 2.45) is 0 Å². The Bertz CT molecular complexity index is 479. The quantitative estimate of drug-likeness (QED) is 0.783. The van der Waals surface area contributed by atoms with Crippen LogP contribution in [0, 0.1) is 11.3 Å². The normalized spacial score (nSPS) is 9.25. The van der Waals surface area contributed by atoms with Crippen molar-refractivity contribution < 1.29 is 14.7 Å². The van der Waals surface area contributed by atoms with E-state index in [-0.39, 0.29) is 10.6 Å². The van der Waals surface area contributed by atoms with Crippen molar-refractivity contribution in [3.8, 4) is 6.07 Å². The average Bonchev–Trinajstić information content (AvgIpc) is 2.19. The van der Waals surface area contributed by atoms with Gasteiger partial charge in [-0.05, 0) is 18.2 Å². The summed E-state index contributed by atoms with van der Waals surface area (Å²) in [7, 11) is 0. The molecule has 0 radical (unpaired) electrons. The van der Waals surface area contributed by atoms with Crippen LogP contribution in [0.5, 0.6) is 0 Å². The Morgan fingerprint density at radius 2 is 2.19 bits per heavy atom. The van der Waals surface area contributed by atoms with E-state index in [1.54, 1.807) is 0 Å². The van der Waals surface area contributed by atoms with Gasteiger partial charge in [0.1, 0.15) is 12.5 Å². The molecule has 5 nitrogen and oxygen atoms in total. The van der Waals surface area contributed by atoms with E-state index in [0.717, 1.165) is 0 Å². The molecule has 0 saturated heterocycles. The minimum absolute atomic E-state index is 0.217. The second kappa shape index (κ2) is 5.14. The Labute approximate surface area is 96.3 Å². The number of amides is 1. The number of carbonyl (C=O) groups excluding carboxylic acids is 1. The number of carboxylic acids is 1. The van der Waals surface area contributed by atoms with E-state index in [9.17, 15) is 9.59 Å². The summed E-state index contributed by atoms with van der Waals surface area (Å²) in [6.45, 7) is 0. The zero-order valence-electron chi connectivity index (χ0n) is 8.03. The second-order valence-corrected chi connectivity index (χ2v) is 3.33. The first-order chi connectivity index (χ1) is 7.52. The molecule has 0 spiro atoms. The molecule has 0 aliphatic heterocycles. The van der Waals surface area contributed by atoms with E-state index in [1.807, 2.05) is 6.07 Å². The summed E-state index contributed by atoms with van der Waals surface area (Å²) >= 11 is 5.69. The predicted octanol–water partition coefficient (Wildman–Crippen LogP) is 1.62. The number of aliphatic carboxylic acids is 1. The van der Waals surface area contributed by atoms with E-state index in [1.165, 1.54) is 18.2 Å². The molecule has 1 aromatic carbocycles. The molecule has 1 aromatic rings. The lowest BCUT2D eigenvalue weighted by atomic mass is 10.2. The minimum atomic E-state index is -1.22. The van der Waals surface area contributed by atoms with Gasteiger partial charge in [0, 0.05) is 5.69 Å². The van der Waals surface area contributed by atoms with E-state index in [2.05, 4.69) is 5.32 Å². The highest BCUT2D eigenvalue weighted by Crippen LogP contribution is 2.19. The van der Waals surface area contributed by atoms with Crippen molar-refractivity contribution >= 4 is 29.2 Å². The molecule has 16 heavy (non-hydrogen) atoms. The first kappa shape index (κ1) is 12.0. The molecule has 2 N–H and O–H groups in total. The highest BCUT2D eigenvalue weighted by Gasteiger charge is 2.08. The Morgan fingerprint density at radius 3 is 2.75 bits per heavy atom. The first-order valence-electron chi connectivity index (χ1n) is 4.24. The van der Waals surface area contributed by atoms with Gasteiger partial charge >= 0.3 is 5.97 Å². The average molecular weight is 239 g/mol. The maximum absolute atomic E-state index is 11.1. The Morgan fingerprint density at radius 1 is 1.50 bits per heavy atom. The van der Waals surface area contributed by atoms with Crippen molar-refractivity contribution in [1.29, 1.82) is 5.26 Å². The summed E-state index contributed by atoms with van der Waals surface area (Å²) < 4.78 is 0. The van der Waals surface area contributed by atoms with Gasteiger partial charge in [0.25, 0.3) is 0 Å². The Balaban J connectivity index is 2.79. The third-order valence-corrected chi connectivity index (χ3v) is 2.01. The lowest BCUT2D eigenvalue weighted by molar-refractivity contribution is -0.139. The number of rotatable bonds is 3. The van der Waals surface area contributed by atoms with E-state index in [0.29, 0.717) is 5.69 Å². The van der Waals surface area contributed by atoms with Gasteiger partial charge in [-0.15, -0.1) is 0 Å². The van der Waals surface area contributed by atoms with Crippen molar-refractivity contribution in [3.63, 3.8) is 0 Å². The molecular weight excluding hydrogens is 232 g/mol. The summed E-state index contributed by atoms with van der Waals surface area (Å²) in [5.41, 5.74) is 0.557. The number of carbonyl (C=O) groups is 2. The third-order valence-electron chi connectivity index (χ3n) is 1.68. The van der Waals surface area contributed by atoms with Gasteiger partial charge in [0.15, 0.2) is 0 Å². The van der Waals surface area contributed by atoms with Crippen molar-refractivity contribution in [2.45, 2.75) is 6.42 Å². The maximum Gasteiger partial charge on any atom is 0.312 e. The molecule has 0 fully saturated rings. The molecule has 1 rings (SSSR count). The summed E-state index contributed by atoms with van der Waals surface area (Å²) in [5, 5.41) is 19.7. The van der Waals surface area contributed by atoms with Crippen LogP contribution in [0.4, 0.5) is 5.69 Å². The lowest BCUT2D eigenvalue weighted by Crippen LogP contribution is -2.15. The molecule has 1 amide bonds. The zero-order chi connectivity index (χ0) is 12.1. The lowest BCUT2D eigenvalue weighted by Gasteiger charge is -2.04. The van der Waals surface area contributed by atoms with E-state index < -0.39 is 18.3 Å². The Kier molecular flexibility index (Phi) is 3.86. The van der Waals surface area contributed by atoms with Crippen molar-refractivity contribution in [3.05, 3.63) is 28.8 Å². The fourth-order valence-corrected chi connectivity index (χ4v) is 1.19. The van der Waals surface area contributed by atoms with E-state index >= 15 is 0 Å².